The van der Waals surface area contributed by atoms with E-state index >= 15 is 0 Å². The van der Waals surface area contributed by atoms with Crippen LogP contribution < -0.4 is 5.32 Å². The Morgan fingerprint density at radius 3 is 2.24 bits per heavy atom. The molecule has 2 amide bonds. The zero-order chi connectivity index (χ0) is 27.3. The molecule has 2 aliphatic carbocycles. The minimum absolute atomic E-state index is 0.0104. The summed E-state index contributed by atoms with van der Waals surface area (Å²) in [6.07, 6.45) is 1.83. The average Bonchev–Trinajstić information content (AvgIpc) is 3.45. The standard InChI is InChI=1S/C30H38N2O6/c1-30(2,3)38-28(35)31-18-20-14-15-21(17-20)32(16-8-13-27(33)34)29(36)37-19-26-24-11-6-4-9-22(24)23-10-5-7-12-25(23)26/h4-7,9-12,20-21,26H,8,13-19H2,1-3H3,(H,31,35)(H,33,34). The largest absolute Gasteiger partial charge is 0.481 e. The fourth-order valence-electron chi connectivity index (χ4n) is 5.56. The van der Waals surface area contributed by atoms with E-state index in [0.717, 1.165) is 24.0 Å². The molecule has 0 aromatic heterocycles. The molecule has 0 spiro atoms. The Labute approximate surface area is 224 Å². The molecule has 2 atom stereocenters. The lowest BCUT2D eigenvalue weighted by Gasteiger charge is -2.29. The van der Waals surface area contributed by atoms with Crippen molar-refractivity contribution in [3.05, 3.63) is 59.7 Å². The smallest absolute Gasteiger partial charge is 0.410 e. The molecule has 2 aromatic rings. The van der Waals surface area contributed by atoms with Crippen LogP contribution in [0.25, 0.3) is 11.1 Å². The molecule has 0 saturated heterocycles. The summed E-state index contributed by atoms with van der Waals surface area (Å²) in [6, 6.07) is 16.3. The van der Waals surface area contributed by atoms with Crippen molar-refractivity contribution in [1.82, 2.24) is 10.2 Å². The number of nitrogens with one attached hydrogen (secondary N) is 1. The summed E-state index contributed by atoms with van der Waals surface area (Å²) in [5.41, 5.74) is 4.06. The van der Waals surface area contributed by atoms with E-state index < -0.39 is 23.8 Å². The highest BCUT2D eigenvalue weighted by atomic mass is 16.6. The summed E-state index contributed by atoms with van der Waals surface area (Å²) in [6.45, 7) is 6.47. The molecule has 0 aliphatic heterocycles. The number of fused-ring (bicyclic) bond motifs is 3. The van der Waals surface area contributed by atoms with Crippen molar-refractivity contribution in [2.45, 2.75) is 70.4 Å². The summed E-state index contributed by atoms with van der Waals surface area (Å²) in [7, 11) is 0. The van der Waals surface area contributed by atoms with E-state index in [1.54, 1.807) is 4.90 Å². The second-order valence-electron chi connectivity index (χ2n) is 11.2. The van der Waals surface area contributed by atoms with Crippen molar-refractivity contribution in [2.75, 3.05) is 19.7 Å². The van der Waals surface area contributed by atoms with Crippen LogP contribution in [0.2, 0.25) is 0 Å². The fourth-order valence-corrected chi connectivity index (χ4v) is 5.56. The third-order valence-corrected chi connectivity index (χ3v) is 7.25. The first-order chi connectivity index (χ1) is 18.1. The maximum absolute atomic E-state index is 13.4. The minimum Gasteiger partial charge on any atom is -0.481 e. The fraction of sp³-hybridized carbons (Fsp3) is 0.500. The lowest BCUT2D eigenvalue weighted by atomic mass is 9.98. The first kappa shape index (κ1) is 27.5. The summed E-state index contributed by atoms with van der Waals surface area (Å²) in [5, 5.41) is 12.0. The normalized spacial score (nSPS) is 18.4. The van der Waals surface area contributed by atoms with Gasteiger partial charge in [-0.15, -0.1) is 0 Å². The summed E-state index contributed by atoms with van der Waals surface area (Å²) >= 11 is 0. The third-order valence-electron chi connectivity index (χ3n) is 7.25. The topological polar surface area (TPSA) is 105 Å². The molecule has 4 rings (SSSR count). The zero-order valence-corrected chi connectivity index (χ0v) is 22.4. The van der Waals surface area contributed by atoms with Gasteiger partial charge in [0.25, 0.3) is 0 Å². The highest BCUT2D eigenvalue weighted by molar-refractivity contribution is 5.79. The lowest BCUT2D eigenvalue weighted by molar-refractivity contribution is -0.137. The van der Waals surface area contributed by atoms with E-state index in [-0.39, 0.29) is 30.9 Å². The van der Waals surface area contributed by atoms with Gasteiger partial charge in [0.05, 0.1) is 0 Å². The van der Waals surface area contributed by atoms with Crippen LogP contribution in [0, 0.1) is 5.92 Å². The van der Waals surface area contributed by atoms with Gasteiger partial charge in [0.2, 0.25) is 0 Å². The number of hydrogen-bond acceptors (Lipinski definition) is 5. The van der Waals surface area contributed by atoms with Gasteiger partial charge >= 0.3 is 18.2 Å². The van der Waals surface area contributed by atoms with Gasteiger partial charge < -0.3 is 24.8 Å². The summed E-state index contributed by atoms with van der Waals surface area (Å²) < 4.78 is 11.2. The third kappa shape index (κ3) is 6.85. The van der Waals surface area contributed by atoms with Crippen LogP contribution in [0.1, 0.15) is 69.9 Å². The van der Waals surface area contributed by atoms with Crippen molar-refractivity contribution in [3.63, 3.8) is 0 Å². The van der Waals surface area contributed by atoms with E-state index in [1.807, 2.05) is 45.0 Å². The number of benzene rings is 2. The first-order valence-electron chi connectivity index (χ1n) is 13.4. The number of alkyl carbamates (subject to hydrolysis) is 1. The maximum atomic E-state index is 13.4. The summed E-state index contributed by atoms with van der Waals surface area (Å²) in [5.74, 6) is -0.721. The van der Waals surface area contributed by atoms with Crippen LogP contribution in [-0.4, -0.2) is 59.5 Å². The molecular formula is C30H38N2O6. The molecule has 1 fully saturated rings. The molecule has 2 unspecified atom stereocenters. The van der Waals surface area contributed by atoms with Crippen LogP contribution in [-0.2, 0) is 14.3 Å². The predicted octanol–water partition coefficient (Wildman–Crippen LogP) is 5.80. The number of carboxylic acid groups (broad SMARTS) is 1. The van der Waals surface area contributed by atoms with Gasteiger partial charge in [-0.2, -0.15) is 0 Å². The minimum atomic E-state index is -0.886. The van der Waals surface area contributed by atoms with Crippen molar-refractivity contribution in [3.8, 4) is 11.1 Å². The zero-order valence-electron chi connectivity index (χ0n) is 22.4. The van der Waals surface area contributed by atoms with Crippen molar-refractivity contribution >= 4 is 18.2 Å². The molecule has 8 nitrogen and oxygen atoms in total. The van der Waals surface area contributed by atoms with Gasteiger partial charge in [0, 0.05) is 31.5 Å². The number of hydrogen-bond donors (Lipinski definition) is 2. The van der Waals surface area contributed by atoms with Crippen LogP contribution >= 0.6 is 0 Å². The second-order valence-corrected chi connectivity index (χ2v) is 11.2. The maximum Gasteiger partial charge on any atom is 0.410 e. The molecule has 2 aliphatic rings. The number of nitrogens with zero attached hydrogens (tertiary/aromatic N) is 1. The number of rotatable bonds is 9. The SMILES string of the molecule is CC(C)(C)OC(=O)NCC1CCC(N(CCCC(=O)O)C(=O)OCC2c3ccccc3-c3ccccc32)C1. The molecule has 1 saturated carbocycles. The number of ether oxygens (including phenoxy) is 2. The van der Waals surface area contributed by atoms with E-state index in [0.29, 0.717) is 25.9 Å². The van der Waals surface area contributed by atoms with Crippen LogP contribution in [0.15, 0.2) is 48.5 Å². The molecular weight excluding hydrogens is 484 g/mol. The van der Waals surface area contributed by atoms with Gasteiger partial charge in [-0.1, -0.05) is 48.5 Å². The van der Waals surface area contributed by atoms with Crippen molar-refractivity contribution in [2.24, 2.45) is 5.92 Å². The van der Waals surface area contributed by atoms with E-state index in [9.17, 15) is 14.4 Å². The van der Waals surface area contributed by atoms with Crippen LogP contribution in [0.5, 0.6) is 0 Å². The molecule has 0 bridgehead atoms. The van der Waals surface area contributed by atoms with Crippen LogP contribution in [0.4, 0.5) is 9.59 Å². The van der Waals surface area contributed by atoms with Crippen LogP contribution in [0.3, 0.4) is 0 Å². The molecule has 204 valence electrons. The number of carbonyl (C=O) groups excluding carboxylic acids is 2. The number of aliphatic carboxylic acids is 1. The van der Waals surface area contributed by atoms with E-state index in [1.165, 1.54) is 11.1 Å². The Hall–Kier alpha value is -3.55. The average molecular weight is 523 g/mol. The monoisotopic (exact) mass is 522 g/mol. The molecule has 38 heavy (non-hydrogen) atoms. The highest BCUT2D eigenvalue weighted by Crippen LogP contribution is 2.44. The molecule has 2 N–H and O–H groups in total. The molecule has 8 heteroatoms. The summed E-state index contributed by atoms with van der Waals surface area (Å²) in [4.78, 5) is 38.3. The Balaban J connectivity index is 1.39. The van der Waals surface area contributed by atoms with Gasteiger partial charge in [0.15, 0.2) is 0 Å². The van der Waals surface area contributed by atoms with Crippen molar-refractivity contribution < 1.29 is 29.0 Å². The Bertz CT molecular complexity index is 1110. The Kier molecular flexibility index (Phi) is 8.59. The first-order valence-corrected chi connectivity index (χ1v) is 13.4. The Morgan fingerprint density at radius 2 is 1.63 bits per heavy atom. The molecule has 0 radical (unpaired) electrons. The van der Waals surface area contributed by atoms with E-state index in [4.69, 9.17) is 14.6 Å². The van der Waals surface area contributed by atoms with Crippen molar-refractivity contribution in [1.29, 1.82) is 0 Å². The van der Waals surface area contributed by atoms with Gasteiger partial charge in [-0.25, -0.2) is 9.59 Å². The number of carbonyl (C=O) groups is 3. The second kappa shape index (κ2) is 11.9. The highest BCUT2D eigenvalue weighted by Gasteiger charge is 2.35. The van der Waals surface area contributed by atoms with Gasteiger partial charge in [-0.05, 0) is 74.6 Å². The lowest BCUT2D eigenvalue weighted by Crippen LogP contribution is -2.41. The predicted molar refractivity (Wildman–Crippen MR) is 144 cm³/mol. The van der Waals surface area contributed by atoms with Gasteiger partial charge in [-0.3, -0.25) is 4.79 Å². The quantitative estimate of drug-likeness (QED) is 0.432. The van der Waals surface area contributed by atoms with Gasteiger partial charge in [0.1, 0.15) is 12.2 Å². The van der Waals surface area contributed by atoms with E-state index in [2.05, 4.69) is 29.6 Å². The Morgan fingerprint density at radius 1 is 1.00 bits per heavy atom. The molecule has 0 heterocycles. The number of carboxylic acids is 1. The number of amides is 2. The molecule has 2 aromatic carbocycles.